The molecule has 0 spiro atoms. The maximum atomic E-state index is 11.6. The quantitative estimate of drug-likeness (QED) is 0.924. The molecule has 116 valence electrons. The minimum Gasteiger partial charge on any atom is -0.480 e. The molecule has 1 aromatic heterocycles. The molecule has 0 bridgehead atoms. The molecule has 3 atom stereocenters. The van der Waals surface area contributed by atoms with E-state index >= 15 is 0 Å². The number of rotatable bonds is 4. The minimum atomic E-state index is -0.661. The summed E-state index contributed by atoms with van der Waals surface area (Å²) < 4.78 is 1.85. The van der Waals surface area contributed by atoms with Crippen LogP contribution in [0.5, 0.6) is 0 Å². The first kappa shape index (κ1) is 14.6. The first-order valence-electron chi connectivity index (χ1n) is 8.10. The van der Waals surface area contributed by atoms with Gasteiger partial charge in [0.25, 0.3) is 0 Å². The molecule has 1 aromatic rings. The third kappa shape index (κ3) is 2.71. The van der Waals surface area contributed by atoms with Crippen LogP contribution in [0.2, 0.25) is 0 Å². The molecule has 0 aromatic carbocycles. The van der Waals surface area contributed by atoms with E-state index in [0.717, 1.165) is 31.5 Å². The zero-order chi connectivity index (χ0) is 15.0. The monoisotopic (exact) mass is 291 g/mol. The first-order valence-corrected chi connectivity index (χ1v) is 8.10. The number of fused-ring (bicyclic) bond motifs is 1. The van der Waals surface area contributed by atoms with Gasteiger partial charge in [-0.1, -0.05) is 19.8 Å². The zero-order valence-electron chi connectivity index (χ0n) is 13.0. The van der Waals surface area contributed by atoms with E-state index in [2.05, 4.69) is 16.9 Å². The van der Waals surface area contributed by atoms with Crippen molar-refractivity contribution in [3.05, 3.63) is 17.5 Å². The van der Waals surface area contributed by atoms with Crippen LogP contribution in [-0.4, -0.2) is 37.8 Å². The number of carbonyl (C=O) groups is 1. The van der Waals surface area contributed by atoms with Gasteiger partial charge >= 0.3 is 5.97 Å². The number of likely N-dealkylation sites (tertiary alicyclic amines) is 1. The van der Waals surface area contributed by atoms with E-state index in [1.807, 2.05) is 17.9 Å². The summed E-state index contributed by atoms with van der Waals surface area (Å²) in [6.45, 7) is 2.84. The number of hydrogen-bond acceptors (Lipinski definition) is 3. The second kappa shape index (κ2) is 5.79. The standard InChI is InChI=1S/C16H25N3O2/c1-3-13-12(9-18(2)17-13)10-19-14-7-5-4-6-11(14)8-15(19)16(20)21/h9,11,14-15H,3-8,10H2,1-2H3,(H,20,21). The van der Waals surface area contributed by atoms with Crippen molar-refractivity contribution in [1.29, 1.82) is 0 Å². The molecule has 1 saturated heterocycles. The van der Waals surface area contributed by atoms with Gasteiger partial charge in [0, 0.05) is 31.4 Å². The first-order chi connectivity index (χ1) is 10.1. The van der Waals surface area contributed by atoms with Crippen LogP contribution in [0.3, 0.4) is 0 Å². The molecule has 1 aliphatic carbocycles. The predicted octanol–water partition coefficient (Wildman–Crippen LogP) is 2.20. The van der Waals surface area contributed by atoms with Gasteiger partial charge in [-0.2, -0.15) is 5.10 Å². The third-order valence-corrected chi connectivity index (χ3v) is 5.19. The molecule has 1 saturated carbocycles. The van der Waals surface area contributed by atoms with Crippen LogP contribution in [0.25, 0.3) is 0 Å². The second-order valence-electron chi connectivity index (χ2n) is 6.50. The molecule has 2 heterocycles. The van der Waals surface area contributed by atoms with Crippen molar-refractivity contribution in [3.63, 3.8) is 0 Å². The van der Waals surface area contributed by atoms with Gasteiger partial charge < -0.3 is 5.11 Å². The topological polar surface area (TPSA) is 58.4 Å². The molecule has 1 N–H and O–H groups in total. The van der Waals surface area contributed by atoms with E-state index in [4.69, 9.17) is 0 Å². The Labute approximate surface area is 125 Å². The van der Waals surface area contributed by atoms with Crippen molar-refractivity contribution in [1.82, 2.24) is 14.7 Å². The number of hydrogen-bond donors (Lipinski definition) is 1. The van der Waals surface area contributed by atoms with Crippen molar-refractivity contribution in [2.75, 3.05) is 0 Å². The van der Waals surface area contributed by atoms with Crippen molar-refractivity contribution in [2.45, 2.75) is 64.1 Å². The van der Waals surface area contributed by atoms with Gasteiger partial charge in [-0.15, -0.1) is 0 Å². The lowest BCUT2D eigenvalue weighted by Crippen LogP contribution is -2.41. The highest BCUT2D eigenvalue weighted by atomic mass is 16.4. The maximum absolute atomic E-state index is 11.6. The van der Waals surface area contributed by atoms with Crippen LogP contribution >= 0.6 is 0 Å². The number of aryl methyl sites for hydroxylation is 2. The Hall–Kier alpha value is -1.36. The zero-order valence-corrected chi connectivity index (χ0v) is 13.0. The van der Waals surface area contributed by atoms with Crippen LogP contribution in [-0.2, 0) is 24.8 Å². The molecule has 5 heteroatoms. The van der Waals surface area contributed by atoms with Gasteiger partial charge in [0.05, 0.1) is 5.69 Å². The molecule has 21 heavy (non-hydrogen) atoms. The van der Waals surface area contributed by atoms with Crippen LogP contribution in [0, 0.1) is 5.92 Å². The van der Waals surface area contributed by atoms with Gasteiger partial charge in [-0.25, -0.2) is 0 Å². The number of aromatic nitrogens is 2. The molecule has 3 rings (SSSR count). The molecule has 3 unspecified atom stereocenters. The minimum absolute atomic E-state index is 0.317. The van der Waals surface area contributed by atoms with Gasteiger partial charge in [-0.05, 0) is 31.6 Å². The van der Waals surface area contributed by atoms with E-state index in [9.17, 15) is 9.90 Å². The van der Waals surface area contributed by atoms with Crippen LogP contribution < -0.4 is 0 Å². The van der Waals surface area contributed by atoms with E-state index in [1.165, 1.54) is 24.8 Å². The highest BCUT2D eigenvalue weighted by Crippen LogP contribution is 2.40. The van der Waals surface area contributed by atoms with E-state index < -0.39 is 5.97 Å². The summed E-state index contributed by atoms with van der Waals surface area (Å²) in [5, 5.41) is 14.1. The summed E-state index contributed by atoms with van der Waals surface area (Å²) in [7, 11) is 1.94. The van der Waals surface area contributed by atoms with E-state index in [0.29, 0.717) is 12.0 Å². The fourth-order valence-electron chi connectivity index (χ4n) is 4.23. The van der Waals surface area contributed by atoms with Crippen molar-refractivity contribution >= 4 is 5.97 Å². The molecule has 2 fully saturated rings. The Morgan fingerprint density at radius 2 is 2.19 bits per heavy atom. The molecule has 1 aliphatic heterocycles. The van der Waals surface area contributed by atoms with E-state index in [-0.39, 0.29) is 6.04 Å². The Morgan fingerprint density at radius 3 is 2.90 bits per heavy atom. The summed E-state index contributed by atoms with van der Waals surface area (Å²) in [5.74, 6) is -0.0899. The summed E-state index contributed by atoms with van der Waals surface area (Å²) >= 11 is 0. The smallest absolute Gasteiger partial charge is 0.320 e. The van der Waals surface area contributed by atoms with Crippen molar-refractivity contribution < 1.29 is 9.90 Å². The van der Waals surface area contributed by atoms with Crippen molar-refractivity contribution in [2.24, 2.45) is 13.0 Å². The largest absolute Gasteiger partial charge is 0.480 e. The molecule has 0 radical (unpaired) electrons. The average molecular weight is 291 g/mol. The van der Waals surface area contributed by atoms with Gasteiger partial charge in [0.1, 0.15) is 6.04 Å². The lowest BCUT2D eigenvalue weighted by Gasteiger charge is -2.32. The Balaban J connectivity index is 1.84. The number of aliphatic carboxylic acids is 1. The molecule has 2 aliphatic rings. The Bertz CT molecular complexity index is 526. The van der Waals surface area contributed by atoms with Gasteiger partial charge in [0.2, 0.25) is 0 Å². The summed E-state index contributed by atoms with van der Waals surface area (Å²) in [6.07, 6.45) is 8.60. The number of carboxylic acid groups (broad SMARTS) is 1. The van der Waals surface area contributed by atoms with Crippen LogP contribution in [0.15, 0.2) is 6.20 Å². The molecule has 0 amide bonds. The normalized spacial score (nSPS) is 29.5. The number of nitrogens with zero attached hydrogens (tertiary/aromatic N) is 3. The fourth-order valence-corrected chi connectivity index (χ4v) is 4.23. The van der Waals surface area contributed by atoms with Crippen molar-refractivity contribution in [3.8, 4) is 0 Å². The maximum Gasteiger partial charge on any atom is 0.320 e. The number of carboxylic acids is 1. The van der Waals surface area contributed by atoms with Gasteiger partial charge in [-0.3, -0.25) is 14.4 Å². The lowest BCUT2D eigenvalue weighted by molar-refractivity contribution is -0.142. The lowest BCUT2D eigenvalue weighted by atomic mass is 9.84. The van der Waals surface area contributed by atoms with Crippen LogP contribution in [0.1, 0.15) is 50.3 Å². The second-order valence-corrected chi connectivity index (χ2v) is 6.50. The summed E-state index contributed by atoms with van der Waals surface area (Å²) in [6, 6.07) is 0.132. The predicted molar refractivity (Wildman–Crippen MR) is 79.9 cm³/mol. The van der Waals surface area contributed by atoms with Crippen LogP contribution in [0.4, 0.5) is 0 Å². The Morgan fingerprint density at radius 1 is 1.43 bits per heavy atom. The highest BCUT2D eigenvalue weighted by Gasteiger charge is 2.45. The molecular weight excluding hydrogens is 266 g/mol. The summed E-state index contributed by atoms with van der Waals surface area (Å²) in [5.41, 5.74) is 2.29. The SMILES string of the molecule is CCc1nn(C)cc1CN1C(C(=O)O)CC2CCCCC21. The molecular formula is C16H25N3O2. The molecule has 5 nitrogen and oxygen atoms in total. The van der Waals surface area contributed by atoms with Gasteiger partial charge in [0.15, 0.2) is 0 Å². The Kier molecular flexibility index (Phi) is 4.02. The fraction of sp³-hybridized carbons (Fsp3) is 0.750. The van der Waals surface area contributed by atoms with E-state index in [1.54, 1.807) is 0 Å². The summed E-state index contributed by atoms with van der Waals surface area (Å²) in [4.78, 5) is 13.9. The average Bonchev–Trinajstić information content (AvgIpc) is 3.00. The third-order valence-electron chi connectivity index (χ3n) is 5.19. The highest BCUT2D eigenvalue weighted by molar-refractivity contribution is 5.74.